The number of aliphatic hydroxyl groups is 1. The average Bonchev–Trinajstić information content (AvgIpc) is 1.82. The topological polar surface area (TPSA) is 69.6 Å². The summed E-state index contributed by atoms with van der Waals surface area (Å²) >= 11 is 0. The zero-order chi connectivity index (χ0) is 7.98. The van der Waals surface area contributed by atoms with E-state index in [1.165, 1.54) is 0 Å². The van der Waals surface area contributed by atoms with Crippen LogP contribution < -0.4 is 5.32 Å². The van der Waals surface area contributed by atoms with Crippen molar-refractivity contribution < 1.29 is 15.0 Å². The Morgan fingerprint density at radius 1 is 1.70 bits per heavy atom. The first-order valence-corrected chi connectivity index (χ1v) is 3.23. The van der Waals surface area contributed by atoms with Gasteiger partial charge in [0.25, 0.3) is 0 Å². The zero-order valence-electron chi connectivity index (χ0n) is 6.00. The molecule has 4 heteroatoms. The van der Waals surface area contributed by atoms with E-state index in [1.54, 1.807) is 6.92 Å². The van der Waals surface area contributed by atoms with Crippen LogP contribution in [0.1, 0.15) is 13.3 Å². The lowest BCUT2D eigenvalue weighted by Crippen LogP contribution is -2.30. The second-order valence-corrected chi connectivity index (χ2v) is 2.18. The third-order valence-corrected chi connectivity index (χ3v) is 1.09. The second-order valence-electron chi connectivity index (χ2n) is 2.18. The molecule has 0 heterocycles. The van der Waals surface area contributed by atoms with Crippen LogP contribution in [-0.2, 0) is 4.79 Å². The molecule has 0 saturated carbocycles. The number of rotatable bonds is 5. The molecule has 1 atom stereocenters. The summed E-state index contributed by atoms with van der Waals surface area (Å²) in [6.45, 7) is 2.27. The van der Waals surface area contributed by atoms with Gasteiger partial charge in [-0.1, -0.05) is 0 Å². The molecule has 0 aromatic rings. The molecule has 0 aromatic heterocycles. The number of hydrogen-bond acceptors (Lipinski definition) is 3. The van der Waals surface area contributed by atoms with Crippen LogP contribution in [-0.4, -0.2) is 35.4 Å². The van der Waals surface area contributed by atoms with Crippen LogP contribution in [0.4, 0.5) is 0 Å². The van der Waals surface area contributed by atoms with E-state index in [0.29, 0.717) is 6.54 Å². The van der Waals surface area contributed by atoms with Crippen molar-refractivity contribution in [2.75, 3.05) is 13.2 Å². The minimum absolute atomic E-state index is 0.0456. The first kappa shape index (κ1) is 9.39. The molecule has 0 aromatic carbocycles. The van der Waals surface area contributed by atoms with Crippen LogP contribution in [0.2, 0.25) is 0 Å². The molecule has 0 spiro atoms. The minimum atomic E-state index is -0.821. The Balaban J connectivity index is 3.25. The third-order valence-electron chi connectivity index (χ3n) is 1.09. The molecule has 0 bridgehead atoms. The van der Waals surface area contributed by atoms with Crippen molar-refractivity contribution in [3.63, 3.8) is 0 Å². The monoisotopic (exact) mass is 147 g/mol. The van der Waals surface area contributed by atoms with Crippen molar-refractivity contribution in [2.24, 2.45) is 0 Å². The summed E-state index contributed by atoms with van der Waals surface area (Å²) in [5.74, 6) is -0.821. The molecule has 1 unspecified atom stereocenters. The highest BCUT2D eigenvalue weighted by Gasteiger charge is 2.04. The Hall–Kier alpha value is -0.610. The van der Waals surface area contributed by atoms with Gasteiger partial charge in [0.1, 0.15) is 0 Å². The van der Waals surface area contributed by atoms with Gasteiger partial charge in [-0.05, 0) is 6.92 Å². The maximum absolute atomic E-state index is 10.1. The van der Waals surface area contributed by atoms with Crippen LogP contribution >= 0.6 is 0 Å². The Kier molecular flexibility index (Phi) is 4.88. The van der Waals surface area contributed by atoms with Gasteiger partial charge in [0.2, 0.25) is 0 Å². The predicted octanol–water partition coefficient (Wildman–Crippen LogP) is -0.569. The Morgan fingerprint density at radius 3 is 2.70 bits per heavy atom. The fourth-order valence-electron chi connectivity index (χ4n) is 0.645. The van der Waals surface area contributed by atoms with Crippen LogP contribution in [0.5, 0.6) is 0 Å². The molecular weight excluding hydrogens is 134 g/mol. The smallest absolute Gasteiger partial charge is 0.304 e. The molecule has 60 valence electrons. The molecular formula is C6H13NO3. The van der Waals surface area contributed by atoms with Crippen molar-refractivity contribution in [2.45, 2.75) is 19.4 Å². The Labute approximate surface area is 59.9 Å². The highest BCUT2D eigenvalue weighted by molar-refractivity contribution is 5.67. The number of aliphatic hydroxyl groups excluding tert-OH is 1. The largest absolute Gasteiger partial charge is 0.481 e. The zero-order valence-corrected chi connectivity index (χ0v) is 6.00. The van der Waals surface area contributed by atoms with E-state index in [2.05, 4.69) is 5.32 Å². The van der Waals surface area contributed by atoms with Crippen molar-refractivity contribution >= 4 is 5.97 Å². The van der Waals surface area contributed by atoms with Gasteiger partial charge in [-0.2, -0.15) is 0 Å². The highest BCUT2D eigenvalue weighted by Crippen LogP contribution is 1.88. The molecule has 0 amide bonds. The summed E-state index contributed by atoms with van der Waals surface area (Å²) in [6, 6.07) is -0.0651. The van der Waals surface area contributed by atoms with Crippen LogP contribution in [0.15, 0.2) is 0 Å². The van der Waals surface area contributed by atoms with E-state index < -0.39 is 5.97 Å². The van der Waals surface area contributed by atoms with Gasteiger partial charge in [-0.15, -0.1) is 0 Å². The number of carboxylic acid groups (broad SMARTS) is 1. The van der Waals surface area contributed by atoms with Gasteiger partial charge < -0.3 is 15.5 Å². The molecule has 0 aliphatic heterocycles. The molecule has 0 fully saturated rings. The van der Waals surface area contributed by atoms with E-state index in [1.807, 2.05) is 0 Å². The molecule has 10 heavy (non-hydrogen) atoms. The second kappa shape index (κ2) is 5.20. The predicted molar refractivity (Wildman–Crippen MR) is 36.8 cm³/mol. The fraction of sp³-hybridized carbons (Fsp3) is 0.833. The van der Waals surface area contributed by atoms with Crippen LogP contribution in [0.3, 0.4) is 0 Å². The summed E-state index contributed by atoms with van der Waals surface area (Å²) in [5, 5.41) is 19.5. The third kappa shape index (κ3) is 5.53. The summed E-state index contributed by atoms with van der Waals surface area (Å²) < 4.78 is 0. The van der Waals surface area contributed by atoms with Gasteiger partial charge in [0.15, 0.2) is 0 Å². The number of nitrogens with one attached hydrogen (secondary N) is 1. The van der Waals surface area contributed by atoms with Crippen LogP contribution in [0.25, 0.3) is 0 Å². The average molecular weight is 147 g/mol. The Bertz CT molecular complexity index is 105. The standard InChI is InChI=1S/C6H13NO3/c1-5(4-6(9)10)7-2-3-8/h5,7-8H,2-4H2,1H3,(H,9,10). The van der Waals surface area contributed by atoms with Gasteiger partial charge in [0.05, 0.1) is 13.0 Å². The Morgan fingerprint density at radius 2 is 2.30 bits per heavy atom. The van der Waals surface area contributed by atoms with Crippen molar-refractivity contribution in [3.8, 4) is 0 Å². The first-order valence-electron chi connectivity index (χ1n) is 3.23. The van der Waals surface area contributed by atoms with Crippen molar-refractivity contribution in [1.29, 1.82) is 0 Å². The lowest BCUT2D eigenvalue weighted by Gasteiger charge is -2.08. The normalized spacial score (nSPS) is 13.0. The fourth-order valence-corrected chi connectivity index (χ4v) is 0.645. The van der Waals surface area contributed by atoms with Gasteiger partial charge >= 0.3 is 5.97 Å². The number of carbonyl (C=O) groups is 1. The summed E-state index contributed by atoms with van der Waals surface area (Å²) in [5.41, 5.74) is 0. The maximum atomic E-state index is 10.1. The van der Waals surface area contributed by atoms with E-state index >= 15 is 0 Å². The summed E-state index contributed by atoms with van der Waals surface area (Å²) in [4.78, 5) is 10.1. The van der Waals surface area contributed by atoms with Gasteiger partial charge in [0, 0.05) is 12.6 Å². The van der Waals surface area contributed by atoms with E-state index in [4.69, 9.17) is 10.2 Å². The van der Waals surface area contributed by atoms with E-state index in [-0.39, 0.29) is 19.1 Å². The van der Waals surface area contributed by atoms with Crippen LogP contribution in [0, 0.1) is 0 Å². The van der Waals surface area contributed by atoms with Gasteiger partial charge in [-0.3, -0.25) is 4.79 Å². The molecule has 0 aliphatic carbocycles. The number of carboxylic acids is 1. The highest BCUT2D eigenvalue weighted by atomic mass is 16.4. The van der Waals surface area contributed by atoms with Gasteiger partial charge in [-0.25, -0.2) is 0 Å². The number of aliphatic carboxylic acids is 1. The summed E-state index contributed by atoms with van der Waals surface area (Å²) in [6.07, 6.45) is 0.0972. The molecule has 0 saturated heterocycles. The maximum Gasteiger partial charge on any atom is 0.304 e. The summed E-state index contributed by atoms with van der Waals surface area (Å²) in [7, 11) is 0. The quantitative estimate of drug-likeness (QED) is 0.487. The molecule has 3 N–H and O–H groups in total. The van der Waals surface area contributed by atoms with E-state index in [9.17, 15) is 4.79 Å². The molecule has 0 rings (SSSR count). The lowest BCUT2D eigenvalue weighted by molar-refractivity contribution is -0.137. The van der Waals surface area contributed by atoms with E-state index in [0.717, 1.165) is 0 Å². The molecule has 4 nitrogen and oxygen atoms in total. The molecule has 0 aliphatic rings. The first-order chi connectivity index (χ1) is 4.66. The lowest BCUT2D eigenvalue weighted by atomic mass is 10.2. The van der Waals surface area contributed by atoms with Crippen molar-refractivity contribution in [1.82, 2.24) is 5.32 Å². The minimum Gasteiger partial charge on any atom is -0.481 e. The van der Waals surface area contributed by atoms with Crippen molar-refractivity contribution in [3.05, 3.63) is 0 Å². The SMILES string of the molecule is CC(CC(=O)O)NCCO. The molecule has 0 radical (unpaired) electrons. The number of hydrogen-bond donors (Lipinski definition) is 3.